The van der Waals surface area contributed by atoms with Crippen molar-refractivity contribution in [1.82, 2.24) is 19.5 Å². The maximum Gasteiger partial charge on any atom is 0.574 e. The van der Waals surface area contributed by atoms with Crippen molar-refractivity contribution in [3.8, 4) is 22.9 Å². The molecule has 4 aromatic rings. The van der Waals surface area contributed by atoms with Gasteiger partial charge in [-0.05, 0) is 57.7 Å². The molecule has 1 saturated carbocycles. The maximum absolute atomic E-state index is 13.3. The van der Waals surface area contributed by atoms with Gasteiger partial charge in [-0.2, -0.15) is 5.10 Å². The number of carbonyl (C=O) groups is 1. The first-order chi connectivity index (χ1) is 22.6. The molecule has 3 aromatic heterocycles. The van der Waals surface area contributed by atoms with Crippen molar-refractivity contribution >= 4 is 23.4 Å². The molecule has 12 nitrogen and oxygen atoms in total. The van der Waals surface area contributed by atoms with Crippen molar-refractivity contribution in [1.29, 1.82) is 0 Å². The van der Waals surface area contributed by atoms with Crippen LogP contribution in [0.1, 0.15) is 78.9 Å². The number of aromatic carboxylic acids is 1. The van der Waals surface area contributed by atoms with Gasteiger partial charge >= 0.3 is 12.3 Å². The highest BCUT2D eigenvalue weighted by molar-refractivity contribution is 6.31. The summed E-state index contributed by atoms with van der Waals surface area (Å²) in [6.07, 6.45) is -2.79. The van der Waals surface area contributed by atoms with Gasteiger partial charge in [-0.25, -0.2) is 9.48 Å². The van der Waals surface area contributed by atoms with Crippen LogP contribution in [0, 0.1) is 0 Å². The first-order valence-corrected chi connectivity index (χ1v) is 15.7. The first kappa shape index (κ1) is 33.4. The lowest BCUT2D eigenvalue weighted by atomic mass is 9.84. The molecule has 0 atom stereocenters. The number of halogens is 4. The minimum atomic E-state index is -5.06. The van der Waals surface area contributed by atoms with Crippen LogP contribution in [0.4, 0.5) is 19.0 Å². The Morgan fingerprint density at radius 3 is 2.48 bits per heavy atom. The number of anilines is 1. The molecule has 1 aromatic carbocycles. The number of hydrogen-bond acceptors (Lipinski definition) is 9. The van der Waals surface area contributed by atoms with Gasteiger partial charge in [0, 0.05) is 49.8 Å². The quantitative estimate of drug-likeness (QED) is 0.203. The number of carboxylic acid groups (broad SMARTS) is 1. The lowest BCUT2D eigenvalue weighted by molar-refractivity contribution is -0.277. The Bertz CT molecular complexity index is 1910. The van der Waals surface area contributed by atoms with Gasteiger partial charge in [0.05, 0.1) is 21.8 Å². The largest absolute Gasteiger partial charge is 0.574 e. The third kappa shape index (κ3) is 6.61. The minimum Gasteiger partial charge on any atom is -0.489 e. The van der Waals surface area contributed by atoms with E-state index < -0.39 is 29.4 Å². The fraction of sp³-hybridized carbons (Fsp3) is 0.438. The summed E-state index contributed by atoms with van der Waals surface area (Å²) in [6.45, 7) is 4.54. The molecule has 256 valence electrons. The molecule has 6 rings (SSSR count). The molecule has 0 radical (unpaired) electrons. The molecule has 0 unspecified atom stereocenters. The minimum absolute atomic E-state index is 0.0327. The molecule has 2 N–H and O–H groups in total. The van der Waals surface area contributed by atoms with E-state index in [1.54, 1.807) is 22.9 Å². The van der Waals surface area contributed by atoms with Crippen LogP contribution >= 0.6 is 11.6 Å². The van der Waals surface area contributed by atoms with E-state index in [2.05, 4.69) is 15.0 Å². The summed E-state index contributed by atoms with van der Waals surface area (Å²) in [5.41, 5.74) is -1.11. The number of pyridine rings is 1. The Morgan fingerprint density at radius 1 is 1.17 bits per heavy atom. The van der Waals surface area contributed by atoms with Crippen LogP contribution < -0.4 is 19.9 Å². The van der Waals surface area contributed by atoms with Crippen molar-refractivity contribution in [3.05, 3.63) is 74.4 Å². The molecular formula is C32H33ClF3N5O7. The number of ether oxygens (including phenoxy) is 2. The molecule has 1 aliphatic carbocycles. The third-order valence-corrected chi connectivity index (χ3v) is 8.97. The van der Waals surface area contributed by atoms with Crippen LogP contribution in [0.5, 0.6) is 11.6 Å². The van der Waals surface area contributed by atoms with Crippen LogP contribution in [-0.4, -0.2) is 55.1 Å². The van der Waals surface area contributed by atoms with Crippen molar-refractivity contribution in [2.24, 2.45) is 7.05 Å². The van der Waals surface area contributed by atoms with E-state index in [1.165, 1.54) is 19.2 Å². The number of piperidine rings is 1. The zero-order chi connectivity index (χ0) is 34.5. The SMILES string of the molecule is CC(C)n1nc(C(=O)O)cc1N1CCC(O)(c2ccc(OCc3c(-c4ccc(=O)n(C)c4OC(F)(F)F)noc3C3CC3)cc2Cl)CC1. The Kier molecular flexibility index (Phi) is 8.70. The van der Waals surface area contributed by atoms with Crippen LogP contribution in [0.2, 0.25) is 5.02 Å². The Morgan fingerprint density at radius 2 is 1.88 bits per heavy atom. The third-order valence-electron chi connectivity index (χ3n) is 8.66. The van der Waals surface area contributed by atoms with Gasteiger partial charge in [0.1, 0.15) is 29.6 Å². The standard InChI is InChI=1S/C32H33ClF3N5O7/c1-17(2)41-25(15-24(37-41)30(43)44)40-12-10-31(45,11-13-40)22-8-6-19(14-23(22)33)46-16-21-27(38-48-28(21)18-4-5-18)20-7-9-26(42)39(3)29(20)47-32(34,35)36/h6-9,14-15,17-18,45H,4-5,10-13,16H2,1-3H3,(H,43,44). The van der Waals surface area contributed by atoms with E-state index in [9.17, 15) is 33.0 Å². The molecule has 0 spiro atoms. The summed E-state index contributed by atoms with van der Waals surface area (Å²) in [5, 5.41) is 29.6. The lowest BCUT2D eigenvalue weighted by Crippen LogP contribution is -2.43. The van der Waals surface area contributed by atoms with E-state index in [1.807, 2.05) is 18.7 Å². The van der Waals surface area contributed by atoms with Crippen LogP contribution in [0.3, 0.4) is 0 Å². The van der Waals surface area contributed by atoms with Gasteiger partial charge in [0.15, 0.2) is 5.69 Å². The number of alkyl halides is 3. The molecular weight excluding hydrogens is 659 g/mol. The highest BCUT2D eigenvalue weighted by Gasteiger charge is 2.39. The van der Waals surface area contributed by atoms with E-state index in [-0.39, 0.29) is 40.5 Å². The lowest BCUT2D eigenvalue weighted by Gasteiger charge is -2.40. The number of benzene rings is 1. The van der Waals surface area contributed by atoms with E-state index in [4.69, 9.17) is 20.9 Å². The van der Waals surface area contributed by atoms with Crippen LogP contribution in [0.15, 0.2) is 45.7 Å². The summed E-state index contributed by atoms with van der Waals surface area (Å²) < 4.78 is 58.2. The van der Waals surface area contributed by atoms with Crippen LogP contribution in [-0.2, 0) is 19.3 Å². The van der Waals surface area contributed by atoms with Crippen LogP contribution in [0.25, 0.3) is 11.3 Å². The second kappa shape index (κ2) is 12.5. The zero-order valence-corrected chi connectivity index (χ0v) is 27.0. The molecule has 48 heavy (non-hydrogen) atoms. The number of hydrogen-bond donors (Lipinski definition) is 2. The van der Waals surface area contributed by atoms with Crippen molar-refractivity contribution in [2.75, 3.05) is 18.0 Å². The number of aromatic nitrogens is 4. The Labute approximate surface area is 277 Å². The second-order valence-electron chi connectivity index (χ2n) is 12.3. The topological polar surface area (TPSA) is 145 Å². The number of rotatable bonds is 10. The Hall–Kier alpha value is -4.50. The summed E-state index contributed by atoms with van der Waals surface area (Å²) in [4.78, 5) is 25.7. The fourth-order valence-electron chi connectivity index (χ4n) is 5.97. The fourth-order valence-corrected chi connectivity index (χ4v) is 6.32. The van der Waals surface area contributed by atoms with E-state index in [0.717, 1.165) is 23.5 Å². The molecule has 2 aliphatic rings. The zero-order valence-electron chi connectivity index (χ0n) is 26.3. The van der Waals surface area contributed by atoms with Crippen molar-refractivity contribution in [2.45, 2.75) is 70.1 Å². The molecule has 4 heterocycles. The summed E-state index contributed by atoms with van der Waals surface area (Å²) in [7, 11) is 1.17. The molecule has 1 aliphatic heterocycles. The molecule has 0 amide bonds. The monoisotopic (exact) mass is 691 g/mol. The Balaban J connectivity index is 1.21. The van der Waals surface area contributed by atoms with Gasteiger partial charge in [-0.15, -0.1) is 13.2 Å². The molecule has 16 heteroatoms. The molecule has 2 fully saturated rings. The average Bonchev–Trinajstić information content (AvgIpc) is 3.61. The van der Waals surface area contributed by atoms with Crippen molar-refractivity contribution in [3.63, 3.8) is 0 Å². The first-order valence-electron chi connectivity index (χ1n) is 15.3. The van der Waals surface area contributed by atoms with Gasteiger partial charge in [0.2, 0.25) is 5.88 Å². The summed E-state index contributed by atoms with van der Waals surface area (Å²) in [5.74, 6) is -0.329. The predicted octanol–water partition coefficient (Wildman–Crippen LogP) is 6.01. The second-order valence-corrected chi connectivity index (χ2v) is 12.7. The van der Waals surface area contributed by atoms with Gasteiger partial charge < -0.3 is 29.1 Å². The molecule has 1 saturated heterocycles. The number of carboxylic acids is 1. The average molecular weight is 692 g/mol. The van der Waals surface area contributed by atoms with Gasteiger partial charge in [-0.3, -0.25) is 9.36 Å². The van der Waals surface area contributed by atoms with Gasteiger partial charge in [0.25, 0.3) is 5.56 Å². The smallest absolute Gasteiger partial charge is 0.489 e. The highest BCUT2D eigenvalue weighted by atomic mass is 35.5. The number of nitrogens with zero attached hydrogens (tertiary/aromatic N) is 5. The summed E-state index contributed by atoms with van der Waals surface area (Å²) >= 11 is 6.69. The summed E-state index contributed by atoms with van der Waals surface area (Å²) in [6, 6.07) is 8.67. The van der Waals surface area contributed by atoms with E-state index in [0.29, 0.717) is 54.4 Å². The number of aliphatic hydroxyl groups is 1. The normalized spacial score (nSPS) is 16.4. The van der Waals surface area contributed by atoms with Crippen molar-refractivity contribution < 1.29 is 42.2 Å². The maximum atomic E-state index is 13.3. The predicted molar refractivity (Wildman–Crippen MR) is 167 cm³/mol. The highest BCUT2D eigenvalue weighted by Crippen LogP contribution is 2.46. The van der Waals surface area contributed by atoms with Gasteiger partial charge in [-0.1, -0.05) is 22.8 Å². The van der Waals surface area contributed by atoms with E-state index >= 15 is 0 Å². The molecule has 0 bridgehead atoms.